The van der Waals surface area contributed by atoms with Crippen LogP contribution < -0.4 is 5.56 Å². The number of aryl methyl sites for hydroxylation is 1. The zero-order valence-electron chi connectivity index (χ0n) is 18.4. The maximum absolute atomic E-state index is 13.2. The molecule has 5 nitrogen and oxygen atoms in total. The Hall–Kier alpha value is -3.12. The van der Waals surface area contributed by atoms with Crippen LogP contribution in [0.3, 0.4) is 0 Å². The third-order valence-corrected chi connectivity index (χ3v) is 6.85. The quantitative estimate of drug-likeness (QED) is 0.326. The van der Waals surface area contributed by atoms with Crippen LogP contribution in [0.4, 0.5) is 0 Å². The summed E-state index contributed by atoms with van der Waals surface area (Å²) in [5.41, 5.74) is 2.20. The molecule has 6 heteroatoms. The zero-order chi connectivity index (χ0) is 22.1. The van der Waals surface area contributed by atoms with Crippen molar-refractivity contribution in [3.05, 3.63) is 88.5 Å². The minimum Gasteiger partial charge on any atom is -0.276 e. The number of aromatic nitrogens is 4. The van der Waals surface area contributed by atoms with Gasteiger partial charge in [0.15, 0.2) is 0 Å². The Kier molecular flexibility index (Phi) is 5.70. The van der Waals surface area contributed by atoms with Crippen LogP contribution in [0.1, 0.15) is 31.7 Å². The van der Waals surface area contributed by atoms with Crippen LogP contribution in [0.5, 0.6) is 0 Å². The Labute approximate surface area is 191 Å². The van der Waals surface area contributed by atoms with Gasteiger partial charge in [0, 0.05) is 12.3 Å². The summed E-state index contributed by atoms with van der Waals surface area (Å²) in [6.45, 7) is 4.98. The molecule has 0 atom stereocenters. The lowest BCUT2D eigenvalue weighted by Gasteiger charge is -2.12. The van der Waals surface area contributed by atoms with Gasteiger partial charge in [0.05, 0.1) is 16.7 Å². The highest BCUT2D eigenvalue weighted by Crippen LogP contribution is 2.25. The molecule has 0 radical (unpaired) electrons. The molecule has 3 aromatic carbocycles. The Bertz CT molecular complexity index is 1460. The summed E-state index contributed by atoms with van der Waals surface area (Å²) >= 11 is 1.82. The second-order valence-electron chi connectivity index (χ2n) is 8.54. The van der Waals surface area contributed by atoms with Gasteiger partial charge in [0.1, 0.15) is 5.82 Å². The molecule has 5 aromatic rings. The predicted octanol–water partition coefficient (Wildman–Crippen LogP) is 5.68. The van der Waals surface area contributed by atoms with E-state index in [1.165, 1.54) is 16.3 Å². The van der Waals surface area contributed by atoms with Crippen LogP contribution in [0.25, 0.3) is 27.5 Å². The highest BCUT2D eigenvalue weighted by Gasteiger charge is 2.16. The van der Waals surface area contributed by atoms with Crippen molar-refractivity contribution in [1.82, 2.24) is 19.2 Å². The summed E-state index contributed by atoms with van der Waals surface area (Å²) < 4.78 is 3.85. The number of nitrogens with zero attached hydrogens (tertiary/aromatic N) is 4. The average molecular weight is 443 g/mol. The average Bonchev–Trinajstić information content (AvgIpc) is 3.23. The molecular formula is C26H26N4OS. The van der Waals surface area contributed by atoms with Gasteiger partial charge in [-0.15, -0.1) is 22.0 Å². The molecule has 0 aliphatic carbocycles. The van der Waals surface area contributed by atoms with E-state index < -0.39 is 0 Å². The van der Waals surface area contributed by atoms with E-state index in [9.17, 15) is 4.79 Å². The lowest BCUT2D eigenvalue weighted by Crippen LogP contribution is -2.24. The summed E-state index contributed by atoms with van der Waals surface area (Å²) in [4.78, 5) is 13.2. The number of fused-ring (bicyclic) bond motifs is 4. The minimum absolute atomic E-state index is 0.0103. The first kappa shape index (κ1) is 20.8. The highest BCUT2D eigenvalue weighted by atomic mass is 32.2. The van der Waals surface area contributed by atoms with Crippen molar-refractivity contribution in [1.29, 1.82) is 0 Å². The SMILES string of the molecule is CC(C)CCn1c(=O)c2ccccc2n2c(CSCc3cccc4ccccc34)nnc12. The summed E-state index contributed by atoms with van der Waals surface area (Å²) in [6.07, 6.45) is 0.923. The summed E-state index contributed by atoms with van der Waals surface area (Å²) in [6, 6.07) is 22.7. The molecule has 5 rings (SSSR count). The van der Waals surface area contributed by atoms with Crippen molar-refractivity contribution in [3.8, 4) is 0 Å². The van der Waals surface area contributed by atoms with Crippen LogP contribution >= 0.6 is 11.8 Å². The lowest BCUT2D eigenvalue weighted by atomic mass is 10.1. The third-order valence-electron chi connectivity index (χ3n) is 5.87. The Morgan fingerprint density at radius 1 is 0.875 bits per heavy atom. The molecule has 0 aliphatic rings. The molecule has 0 spiro atoms. The fourth-order valence-electron chi connectivity index (χ4n) is 4.17. The number of benzene rings is 3. The minimum atomic E-state index is 0.0103. The molecule has 0 N–H and O–H groups in total. The molecule has 162 valence electrons. The Balaban J connectivity index is 1.50. The molecule has 0 fully saturated rings. The molecule has 0 unspecified atom stereocenters. The first-order valence-corrected chi connectivity index (χ1v) is 12.2. The fraction of sp³-hybridized carbons (Fsp3) is 0.269. The molecule has 0 amide bonds. The summed E-state index contributed by atoms with van der Waals surface area (Å²) in [7, 11) is 0. The maximum atomic E-state index is 13.2. The van der Waals surface area contributed by atoms with Gasteiger partial charge in [-0.05, 0) is 40.8 Å². The number of hydrogen-bond acceptors (Lipinski definition) is 4. The van der Waals surface area contributed by atoms with E-state index in [1.54, 1.807) is 4.57 Å². The number of para-hydroxylation sites is 1. The van der Waals surface area contributed by atoms with Crippen molar-refractivity contribution in [2.75, 3.05) is 0 Å². The Morgan fingerprint density at radius 2 is 1.62 bits per heavy atom. The van der Waals surface area contributed by atoms with Crippen molar-refractivity contribution in [3.63, 3.8) is 0 Å². The van der Waals surface area contributed by atoms with Gasteiger partial charge in [-0.2, -0.15) is 0 Å². The standard InChI is InChI=1S/C26H26N4OS/c1-18(2)14-15-29-25(31)22-12-5-6-13-23(22)30-24(27-28-26(29)30)17-32-16-20-10-7-9-19-8-3-4-11-21(19)20/h3-13,18H,14-17H2,1-2H3. The molecular weight excluding hydrogens is 416 g/mol. The smallest absolute Gasteiger partial charge is 0.262 e. The van der Waals surface area contributed by atoms with Gasteiger partial charge in [-0.25, -0.2) is 0 Å². The van der Waals surface area contributed by atoms with Gasteiger partial charge in [0.2, 0.25) is 5.78 Å². The van der Waals surface area contributed by atoms with E-state index in [0.29, 0.717) is 23.6 Å². The topological polar surface area (TPSA) is 52.2 Å². The number of thioether (sulfide) groups is 1. The normalized spacial score (nSPS) is 11.8. The highest BCUT2D eigenvalue weighted by molar-refractivity contribution is 7.97. The fourth-order valence-corrected chi connectivity index (χ4v) is 5.11. The van der Waals surface area contributed by atoms with Gasteiger partial charge in [0.25, 0.3) is 5.56 Å². The van der Waals surface area contributed by atoms with Gasteiger partial charge < -0.3 is 0 Å². The van der Waals surface area contributed by atoms with E-state index in [1.807, 2.05) is 36.0 Å². The van der Waals surface area contributed by atoms with Gasteiger partial charge >= 0.3 is 0 Å². The molecule has 2 aromatic heterocycles. The number of rotatable bonds is 7. The van der Waals surface area contributed by atoms with Crippen LogP contribution in [0.2, 0.25) is 0 Å². The predicted molar refractivity (Wildman–Crippen MR) is 133 cm³/mol. The van der Waals surface area contributed by atoms with Crippen LogP contribution in [0, 0.1) is 5.92 Å². The Morgan fingerprint density at radius 3 is 2.47 bits per heavy atom. The number of hydrogen-bond donors (Lipinski definition) is 0. The molecule has 0 bridgehead atoms. The second kappa shape index (κ2) is 8.79. The van der Waals surface area contributed by atoms with Gasteiger partial charge in [-0.3, -0.25) is 13.8 Å². The van der Waals surface area contributed by atoms with Crippen LogP contribution in [0.15, 0.2) is 71.5 Å². The largest absolute Gasteiger partial charge is 0.276 e. The van der Waals surface area contributed by atoms with E-state index in [4.69, 9.17) is 0 Å². The van der Waals surface area contributed by atoms with Crippen LogP contribution in [-0.4, -0.2) is 19.2 Å². The first-order chi connectivity index (χ1) is 15.6. The van der Waals surface area contributed by atoms with E-state index in [0.717, 1.165) is 29.3 Å². The van der Waals surface area contributed by atoms with Crippen LogP contribution in [-0.2, 0) is 18.1 Å². The van der Waals surface area contributed by atoms with Crippen molar-refractivity contribution >= 4 is 39.2 Å². The van der Waals surface area contributed by atoms with E-state index in [-0.39, 0.29) is 5.56 Å². The first-order valence-electron chi connectivity index (χ1n) is 11.0. The van der Waals surface area contributed by atoms with Crippen molar-refractivity contribution < 1.29 is 0 Å². The summed E-state index contributed by atoms with van der Waals surface area (Å²) in [5.74, 6) is 3.62. The van der Waals surface area contributed by atoms with E-state index >= 15 is 0 Å². The molecule has 0 saturated carbocycles. The summed E-state index contributed by atoms with van der Waals surface area (Å²) in [5, 5.41) is 12.2. The monoisotopic (exact) mass is 442 g/mol. The zero-order valence-corrected chi connectivity index (χ0v) is 19.2. The van der Waals surface area contributed by atoms with Crippen molar-refractivity contribution in [2.24, 2.45) is 5.92 Å². The molecule has 0 saturated heterocycles. The van der Waals surface area contributed by atoms with Gasteiger partial charge in [-0.1, -0.05) is 68.4 Å². The molecule has 0 aliphatic heterocycles. The van der Waals surface area contributed by atoms with E-state index in [2.05, 4.69) is 70.9 Å². The second-order valence-corrected chi connectivity index (χ2v) is 9.52. The lowest BCUT2D eigenvalue weighted by molar-refractivity contribution is 0.512. The molecule has 2 heterocycles. The van der Waals surface area contributed by atoms with Crippen molar-refractivity contribution in [2.45, 2.75) is 38.3 Å². The molecule has 32 heavy (non-hydrogen) atoms. The third kappa shape index (κ3) is 3.79. The maximum Gasteiger partial charge on any atom is 0.262 e.